The van der Waals surface area contributed by atoms with Gasteiger partial charge >= 0.3 is 5.69 Å². The Hall–Kier alpha value is -2.93. The van der Waals surface area contributed by atoms with Crippen LogP contribution in [-0.2, 0) is 4.79 Å². The van der Waals surface area contributed by atoms with Gasteiger partial charge in [0, 0.05) is 12.6 Å². The lowest BCUT2D eigenvalue weighted by Crippen LogP contribution is -2.39. The predicted molar refractivity (Wildman–Crippen MR) is 102 cm³/mol. The minimum absolute atomic E-state index is 0.0912. The Morgan fingerprint density at radius 1 is 1.11 bits per heavy atom. The van der Waals surface area contributed by atoms with Crippen LogP contribution in [0, 0.1) is 10.1 Å². The van der Waals surface area contributed by atoms with Gasteiger partial charge in [-0.1, -0.05) is 42.5 Å². The van der Waals surface area contributed by atoms with Crippen LogP contribution in [0.1, 0.15) is 24.4 Å². The number of amides is 1. The molecular weight excluding hydrogens is 346 g/mol. The molecule has 1 aliphatic heterocycles. The Morgan fingerprint density at radius 2 is 1.78 bits per heavy atom. The van der Waals surface area contributed by atoms with Crippen molar-refractivity contribution in [3.05, 3.63) is 70.3 Å². The maximum atomic E-state index is 12.4. The van der Waals surface area contributed by atoms with Crippen molar-refractivity contribution < 1.29 is 14.5 Å². The van der Waals surface area contributed by atoms with Crippen molar-refractivity contribution >= 4 is 11.6 Å². The van der Waals surface area contributed by atoms with E-state index in [9.17, 15) is 14.9 Å². The summed E-state index contributed by atoms with van der Waals surface area (Å²) in [6.45, 7) is 2.53. The van der Waals surface area contributed by atoms with E-state index in [0.717, 1.165) is 25.2 Å². The fourth-order valence-electron chi connectivity index (χ4n) is 3.25. The number of nitro groups is 1. The third-order valence-electron chi connectivity index (χ3n) is 4.60. The first kappa shape index (κ1) is 18.8. The molecule has 0 saturated carbocycles. The lowest BCUT2D eigenvalue weighted by Gasteiger charge is -2.25. The molecule has 1 saturated heterocycles. The van der Waals surface area contributed by atoms with E-state index >= 15 is 0 Å². The highest BCUT2D eigenvalue weighted by atomic mass is 16.6. The van der Waals surface area contributed by atoms with E-state index in [1.165, 1.54) is 25.0 Å². The van der Waals surface area contributed by atoms with E-state index < -0.39 is 4.92 Å². The first-order valence-corrected chi connectivity index (χ1v) is 9.06. The lowest BCUT2D eigenvalue weighted by atomic mass is 10.1. The molecule has 0 radical (unpaired) electrons. The number of hydrogen-bond donors (Lipinski definition) is 1. The second-order valence-electron chi connectivity index (χ2n) is 6.55. The van der Waals surface area contributed by atoms with E-state index in [-0.39, 0.29) is 30.0 Å². The minimum Gasteiger partial charge on any atom is -0.477 e. The summed E-state index contributed by atoms with van der Waals surface area (Å²) >= 11 is 0. The maximum Gasteiger partial charge on any atom is 0.310 e. The average Bonchev–Trinajstić information content (AvgIpc) is 3.20. The second-order valence-corrected chi connectivity index (χ2v) is 6.55. The van der Waals surface area contributed by atoms with E-state index in [1.54, 1.807) is 12.1 Å². The third-order valence-corrected chi connectivity index (χ3v) is 4.60. The van der Waals surface area contributed by atoms with Crippen LogP contribution < -0.4 is 10.1 Å². The van der Waals surface area contributed by atoms with Crippen LogP contribution >= 0.6 is 0 Å². The molecule has 1 unspecified atom stereocenters. The number of nitro benzene ring substituents is 1. The number of nitrogens with zero attached hydrogens (tertiary/aromatic N) is 2. The molecule has 0 bridgehead atoms. The molecular formula is C20H23N3O4. The number of nitrogens with one attached hydrogen (secondary N) is 1. The van der Waals surface area contributed by atoms with E-state index in [1.807, 2.05) is 30.3 Å². The van der Waals surface area contributed by atoms with Crippen molar-refractivity contribution in [3.8, 4) is 5.75 Å². The predicted octanol–water partition coefficient (Wildman–Crippen LogP) is 2.93. The van der Waals surface area contributed by atoms with Crippen molar-refractivity contribution in [2.75, 3.05) is 26.2 Å². The number of hydrogen-bond acceptors (Lipinski definition) is 5. The largest absolute Gasteiger partial charge is 0.477 e. The van der Waals surface area contributed by atoms with Crippen LogP contribution in [0.3, 0.4) is 0 Å². The van der Waals surface area contributed by atoms with Gasteiger partial charge in [0.25, 0.3) is 5.91 Å². The van der Waals surface area contributed by atoms with Crippen LogP contribution in [-0.4, -0.2) is 42.0 Å². The summed E-state index contributed by atoms with van der Waals surface area (Å²) in [6.07, 6.45) is 2.35. The molecule has 1 heterocycles. The van der Waals surface area contributed by atoms with Crippen molar-refractivity contribution in [2.45, 2.75) is 18.9 Å². The summed E-state index contributed by atoms with van der Waals surface area (Å²) in [5.41, 5.74) is 0.880. The summed E-state index contributed by atoms with van der Waals surface area (Å²) in [7, 11) is 0. The summed E-state index contributed by atoms with van der Waals surface area (Å²) in [5, 5.41) is 14.0. The number of benzene rings is 2. The molecule has 1 amide bonds. The van der Waals surface area contributed by atoms with Crippen LogP contribution in [0.4, 0.5) is 5.69 Å². The molecule has 0 aromatic heterocycles. The molecule has 1 aliphatic rings. The fourth-order valence-corrected chi connectivity index (χ4v) is 3.25. The Morgan fingerprint density at radius 3 is 2.48 bits per heavy atom. The molecule has 7 heteroatoms. The molecule has 2 aromatic carbocycles. The number of carbonyl (C=O) groups excluding carboxylic acids is 1. The summed E-state index contributed by atoms with van der Waals surface area (Å²) in [4.78, 5) is 25.3. The molecule has 0 spiro atoms. The van der Waals surface area contributed by atoms with Gasteiger partial charge in [-0.25, -0.2) is 0 Å². The van der Waals surface area contributed by atoms with E-state index in [2.05, 4.69) is 10.2 Å². The minimum atomic E-state index is -0.520. The zero-order valence-electron chi connectivity index (χ0n) is 15.0. The number of likely N-dealkylation sites (tertiary alicyclic amines) is 1. The first-order valence-electron chi connectivity index (χ1n) is 9.06. The van der Waals surface area contributed by atoms with Crippen LogP contribution in [0.2, 0.25) is 0 Å². The van der Waals surface area contributed by atoms with Crippen LogP contribution in [0.15, 0.2) is 54.6 Å². The molecule has 27 heavy (non-hydrogen) atoms. The molecule has 0 aliphatic carbocycles. The summed E-state index contributed by atoms with van der Waals surface area (Å²) < 4.78 is 5.40. The van der Waals surface area contributed by atoms with Crippen molar-refractivity contribution in [2.24, 2.45) is 0 Å². The zero-order valence-corrected chi connectivity index (χ0v) is 15.0. The number of ether oxygens (including phenoxy) is 1. The number of para-hydroxylation sites is 2. The van der Waals surface area contributed by atoms with Gasteiger partial charge in [-0.3, -0.25) is 14.9 Å². The highest BCUT2D eigenvalue weighted by Crippen LogP contribution is 2.25. The van der Waals surface area contributed by atoms with Gasteiger partial charge in [-0.15, -0.1) is 0 Å². The van der Waals surface area contributed by atoms with Crippen molar-refractivity contribution in [1.29, 1.82) is 0 Å². The molecule has 1 atom stereocenters. The Bertz CT molecular complexity index is 776. The lowest BCUT2D eigenvalue weighted by molar-refractivity contribution is -0.385. The monoisotopic (exact) mass is 369 g/mol. The number of carbonyl (C=O) groups is 1. The summed E-state index contributed by atoms with van der Waals surface area (Å²) in [5.74, 6) is -0.213. The van der Waals surface area contributed by atoms with Gasteiger partial charge in [0.05, 0.1) is 11.0 Å². The van der Waals surface area contributed by atoms with Gasteiger partial charge in [0.1, 0.15) is 0 Å². The molecule has 1 N–H and O–H groups in total. The average molecular weight is 369 g/mol. The van der Waals surface area contributed by atoms with Crippen molar-refractivity contribution in [1.82, 2.24) is 10.2 Å². The van der Waals surface area contributed by atoms with Gasteiger partial charge in [-0.2, -0.15) is 0 Å². The normalized spacial score (nSPS) is 15.3. The molecule has 3 rings (SSSR count). The zero-order chi connectivity index (χ0) is 19.1. The smallest absolute Gasteiger partial charge is 0.310 e. The first-order chi connectivity index (χ1) is 13.1. The van der Waals surface area contributed by atoms with Gasteiger partial charge < -0.3 is 15.0 Å². The van der Waals surface area contributed by atoms with Gasteiger partial charge in [-0.05, 0) is 37.6 Å². The number of rotatable bonds is 8. The van der Waals surface area contributed by atoms with Gasteiger partial charge in [0.15, 0.2) is 12.4 Å². The SMILES string of the molecule is O=C(COc1ccccc1[N+](=O)[O-])NC(CN1CCCC1)c1ccccc1. The topological polar surface area (TPSA) is 84.7 Å². The van der Waals surface area contributed by atoms with E-state index in [0.29, 0.717) is 0 Å². The molecule has 7 nitrogen and oxygen atoms in total. The summed E-state index contributed by atoms with van der Waals surface area (Å²) in [6, 6.07) is 15.7. The van der Waals surface area contributed by atoms with E-state index in [4.69, 9.17) is 4.74 Å². The Labute approximate surface area is 158 Å². The molecule has 142 valence electrons. The second kappa shape index (κ2) is 9.14. The highest BCUT2D eigenvalue weighted by molar-refractivity contribution is 5.78. The third kappa shape index (κ3) is 5.27. The standard InChI is InChI=1S/C20H23N3O4/c24-20(15-27-19-11-5-4-10-18(19)23(25)26)21-17(14-22-12-6-7-13-22)16-8-2-1-3-9-16/h1-5,8-11,17H,6-7,12-15H2,(H,21,24). The Balaban J connectivity index is 1.63. The van der Waals surface area contributed by atoms with Crippen LogP contribution in [0.5, 0.6) is 5.75 Å². The molecule has 1 fully saturated rings. The maximum absolute atomic E-state index is 12.4. The quantitative estimate of drug-likeness (QED) is 0.571. The highest BCUT2D eigenvalue weighted by Gasteiger charge is 2.21. The van der Waals surface area contributed by atoms with Crippen molar-refractivity contribution in [3.63, 3.8) is 0 Å². The fraction of sp³-hybridized carbons (Fsp3) is 0.350. The Kier molecular flexibility index (Phi) is 6.38. The van der Waals surface area contributed by atoms with Crippen LogP contribution in [0.25, 0.3) is 0 Å². The molecule has 2 aromatic rings. The van der Waals surface area contributed by atoms with Gasteiger partial charge in [0.2, 0.25) is 0 Å².